The zero-order chi connectivity index (χ0) is 25.8. The van der Waals surface area contributed by atoms with Gasteiger partial charge in [0.25, 0.3) is 17.5 Å². The molecule has 0 saturated carbocycles. The number of rotatable bonds is 7. The summed E-state index contributed by atoms with van der Waals surface area (Å²) in [6, 6.07) is 17.5. The third kappa shape index (κ3) is 5.19. The Morgan fingerprint density at radius 3 is 2.50 bits per heavy atom. The Labute approximate surface area is 216 Å². The zero-order valence-electron chi connectivity index (χ0n) is 18.8. The molecule has 1 N–H and O–H groups in total. The molecule has 3 aromatic rings. The minimum atomic E-state index is -0.633. The Bertz CT molecular complexity index is 1410. The molecule has 1 heterocycles. The fourth-order valence-electron chi connectivity index (χ4n) is 3.51. The molecule has 1 aliphatic heterocycles. The van der Waals surface area contributed by atoms with Crippen molar-refractivity contribution in [3.8, 4) is 11.5 Å². The van der Waals surface area contributed by atoms with Crippen LogP contribution in [0.3, 0.4) is 0 Å². The molecule has 182 valence electrons. The van der Waals surface area contributed by atoms with Crippen molar-refractivity contribution in [2.24, 2.45) is 0 Å². The Balaban J connectivity index is 1.59. The van der Waals surface area contributed by atoms with Crippen molar-refractivity contribution >= 4 is 58.2 Å². The lowest BCUT2D eigenvalue weighted by Gasteiger charge is -2.29. The van der Waals surface area contributed by atoms with E-state index in [1.54, 1.807) is 60.7 Å². The molecule has 4 rings (SSSR count). The van der Waals surface area contributed by atoms with Gasteiger partial charge in [-0.25, -0.2) is 0 Å². The summed E-state index contributed by atoms with van der Waals surface area (Å²) in [4.78, 5) is 37.7. The van der Waals surface area contributed by atoms with Crippen LogP contribution >= 0.6 is 23.8 Å². The van der Waals surface area contributed by atoms with E-state index in [9.17, 15) is 19.7 Å². The lowest BCUT2D eigenvalue weighted by Crippen LogP contribution is -2.54. The maximum atomic E-state index is 13.2. The average Bonchev–Trinajstić information content (AvgIpc) is 2.86. The van der Waals surface area contributed by atoms with Crippen LogP contribution in [0.5, 0.6) is 11.5 Å². The van der Waals surface area contributed by atoms with Crippen molar-refractivity contribution in [2.75, 3.05) is 12.0 Å². The number of ether oxygens (including phenoxy) is 2. The van der Waals surface area contributed by atoms with Gasteiger partial charge in [-0.1, -0.05) is 29.8 Å². The smallest absolute Gasteiger partial charge is 0.276 e. The molecule has 0 spiro atoms. The first-order valence-electron chi connectivity index (χ1n) is 10.5. The summed E-state index contributed by atoms with van der Waals surface area (Å²) in [7, 11) is 1.43. The summed E-state index contributed by atoms with van der Waals surface area (Å²) in [6.07, 6.45) is 1.41. The van der Waals surface area contributed by atoms with E-state index in [0.717, 1.165) is 0 Å². The van der Waals surface area contributed by atoms with E-state index < -0.39 is 16.7 Å². The number of carbonyl (C=O) groups is 2. The third-order valence-corrected chi connectivity index (χ3v) is 5.79. The summed E-state index contributed by atoms with van der Waals surface area (Å²) in [5.74, 6) is -0.578. The minimum Gasteiger partial charge on any atom is -0.493 e. The van der Waals surface area contributed by atoms with Gasteiger partial charge in [-0.3, -0.25) is 29.9 Å². The van der Waals surface area contributed by atoms with Crippen molar-refractivity contribution < 1.29 is 24.0 Å². The molecule has 36 heavy (non-hydrogen) atoms. The van der Waals surface area contributed by atoms with Crippen LogP contribution in [0.4, 0.5) is 11.4 Å². The predicted molar refractivity (Wildman–Crippen MR) is 138 cm³/mol. The number of anilines is 1. The van der Waals surface area contributed by atoms with Crippen LogP contribution in [0.25, 0.3) is 6.08 Å². The Morgan fingerprint density at radius 2 is 1.81 bits per heavy atom. The molecule has 1 fully saturated rings. The molecule has 11 heteroatoms. The zero-order valence-corrected chi connectivity index (χ0v) is 20.3. The normalized spacial score (nSPS) is 14.6. The number of nitrogens with zero attached hydrogens (tertiary/aromatic N) is 2. The minimum absolute atomic E-state index is 0.0409. The highest BCUT2D eigenvalue weighted by atomic mass is 35.5. The monoisotopic (exact) mass is 523 g/mol. The Morgan fingerprint density at radius 1 is 1.08 bits per heavy atom. The van der Waals surface area contributed by atoms with Crippen molar-refractivity contribution in [3.05, 3.63) is 98.6 Å². The van der Waals surface area contributed by atoms with Crippen LogP contribution < -0.4 is 19.7 Å². The maximum absolute atomic E-state index is 13.2. The number of carbonyl (C=O) groups excluding carboxylic acids is 2. The Hall–Kier alpha value is -4.28. The van der Waals surface area contributed by atoms with Gasteiger partial charge in [0.2, 0.25) is 0 Å². The number of amides is 2. The molecular formula is C25H18ClN3O6S. The van der Waals surface area contributed by atoms with Gasteiger partial charge in [0.05, 0.1) is 23.3 Å². The number of benzene rings is 3. The van der Waals surface area contributed by atoms with Crippen molar-refractivity contribution in [2.45, 2.75) is 6.61 Å². The number of para-hydroxylation sites is 1. The maximum Gasteiger partial charge on any atom is 0.276 e. The quantitative estimate of drug-likeness (QED) is 0.157. The molecule has 0 atom stereocenters. The number of hydrogen-bond acceptors (Lipinski definition) is 7. The summed E-state index contributed by atoms with van der Waals surface area (Å²) < 4.78 is 11.2. The lowest BCUT2D eigenvalue weighted by atomic mass is 10.1. The van der Waals surface area contributed by atoms with Gasteiger partial charge in [-0.05, 0) is 66.3 Å². The second-order valence-corrected chi connectivity index (χ2v) is 8.34. The van der Waals surface area contributed by atoms with Gasteiger partial charge in [0.15, 0.2) is 16.6 Å². The van der Waals surface area contributed by atoms with Crippen LogP contribution in [0.1, 0.15) is 11.1 Å². The molecule has 0 aromatic heterocycles. The van der Waals surface area contributed by atoms with Crippen LogP contribution in [0.15, 0.2) is 72.3 Å². The van der Waals surface area contributed by atoms with E-state index in [4.69, 9.17) is 33.3 Å². The third-order valence-electron chi connectivity index (χ3n) is 5.26. The predicted octanol–water partition coefficient (Wildman–Crippen LogP) is 4.67. The van der Waals surface area contributed by atoms with Crippen LogP contribution in [0.2, 0.25) is 5.02 Å². The summed E-state index contributed by atoms with van der Waals surface area (Å²) in [5, 5.41) is 14.2. The van der Waals surface area contributed by atoms with E-state index in [0.29, 0.717) is 33.3 Å². The second kappa shape index (κ2) is 10.5. The van der Waals surface area contributed by atoms with Gasteiger partial charge in [0, 0.05) is 11.1 Å². The van der Waals surface area contributed by atoms with E-state index in [2.05, 4.69) is 5.32 Å². The van der Waals surface area contributed by atoms with E-state index >= 15 is 0 Å². The van der Waals surface area contributed by atoms with Gasteiger partial charge in [-0.2, -0.15) is 0 Å². The molecule has 0 aliphatic carbocycles. The van der Waals surface area contributed by atoms with Crippen molar-refractivity contribution in [1.29, 1.82) is 0 Å². The average molecular weight is 524 g/mol. The molecular weight excluding hydrogens is 506 g/mol. The van der Waals surface area contributed by atoms with Gasteiger partial charge < -0.3 is 9.47 Å². The number of halogens is 1. The van der Waals surface area contributed by atoms with Crippen LogP contribution in [0, 0.1) is 10.1 Å². The Kier molecular flexibility index (Phi) is 7.28. The molecule has 1 aliphatic rings. The van der Waals surface area contributed by atoms with E-state index in [1.807, 2.05) is 0 Å². The summed E-state index contributed by atoms with van der Waals surface area (Å²) in [5.41, 5.74) is 1.17. The largest absolute Gasteiger partial charge is 0.493 e. The van der Waals surface area contributed by atoms with Gasteiger partial charge >= 0.3 is 0 Å². The number of nitro benzene ring substituents is 1. The number of methoxy groups -OCH3 is 1. The molecule has 0 bridgehead atoms. The van der Waals surface area contributed by atoms with Crippen molar-refractivity contribution in [1.82, 2.24) is 5.32 Å². The van der Waals surface area contributed by atoms with Crippen molar-refractivity contribution in [3.63, 3.8) is 0 Å². The topological polar surface area (TPSA) is 111 Å². The highest BCUT2D eigenvalue weighted by Crippen LogP contribution is 2.31. The van der Waals surface area contributed by atoms with Gasteiger partial charge in [0.1, 0.15) is 12.2 Å². The standard InChI is InChI=1S/C25H18ClN3O6S/c1-34-22-13-15(6-11-21(22)35-14-16-4-2-3-5-20(16)29(32)33)12-19-23(30)27-25(36)28(24(19)31)18-9-7-17(26)8-10-18/h2-13H,14H2,1H3,(H,27,30,36). The van der Waals surface area contributed by atoms with Crippen LogP contribution in [-0.4, -0.2) is 29.0 Å². The molecule has 3 aromatic carbocycles. The van der Waals surface area contributed by atoms with E-state index in [-0.39, 0.29) is 23.0 Å². The number of hydrogen-bond donors (Lipinski definition) is 1. The number of nitrogens with one attached hydrogen (secondary N) is 1. The lowest BCUT2D eigenvalue weighted by molar-refractivity contribution is -0.385. The SMILES string of the molecule is COc1cc(C=C2C(=O)NC(=S)N(c3ccc(Cl)cc3)C2=O)ccc1OCc1ccccc1[N+](=O)[O-]. The number of nitro groups is 1. The first-order valence-corrected chi connectivity index (χ1v) is 11.3. The highest BCUT2D eigenvalue weighted by Gasteiger charge is 2.34. The van der Waals surface area contributed by atoms with E-state index in [1.165, 1.54) is 24.2 Å². The first-order chi connectivity index (χ1) is 17.3. The molecule has 9 nitrogen and oxygen atoms in total. The first kappa shape index (κ1) is 24.8. The second-order valence-electron chi connectivity index (χ2n) is 7.52. The number of thiocarbonyl (C=S) groups is 1. The molecule has 1 saturated heterocycles. The molecule has 0 radical (unpaired) electrons. The fraction of sp³-hybridized carbons (Fsp3) is 0.0800. The summed E-state index contributed by atoms with van der Waals surface area (Å²) >= 11 is 11.1. The highest BCUT2D eigenvalue weighted by molar-refractivity contribution is 7.80. The molecule has 2 amide bonds. The molecule has 0 unspecified atom stereocenters. The summed E-state index contributed by atoms with van der Waals surface area (Å²) in [6.45, 7) is -0.0532. The van der Waals surface area contributed by atoms with Gasteiger partial charge in [-0.15, -0.1) is 0 Å². The van der Waals surface area contributed by atoms with Crippen LogP contribution in [-0.2, 0) is 16.2 Å². The fourth-order valence-corrected chi connectivity index (χ4v) is 3.92.